The van der Waals surface area contributed by atoms with Crippen LogP contribution in [0.4, 0.5) is 0 Å². The molecule has 22 nitrogen and oxygen atoms in total. The molecule has 20 atom stereocenters. The van der Waals surface area contributed by atoms with Crippen molar-refractivity contribution < 1.29 is 87.8 Å². The molecule has 0 aromatic carbocycles. The maximum absolute atomic E-state index is 14.7. The Labute approximate surface area is 482 Å². The van der Waals surface area contributed by atoms with E-state index in [4.69, 9.17) is 33.2 Å². The largest absolute Gasteiger partial charge is 0.460 e. The SMILES string of the molecule is COC1C[C@@H]2CC[C@@H](C)[C@@](O)(O2)C(=O)C(=O)N2CCCC[C@H]2C(=O)O[C@H]([C@H](C)C[C@@H]2CC[C@H](n3cc(CO[C@H]4O[C@H](CO)[C@@H](O)[C@H](O)[C@@H]4O)nn3)[C@H](OC)C2)CC(=O)[C@H](C)/C=C(\C)[C@@H](O)C(OC)C(=O)[C@H](C)C[C@H](C)/C=C/C=C/C=C/1C. The fourth-order valence-electron chi connectivity index (χ4n) is 12.3. The van der Waals surface area contributed by atoms with Crippen LogP contribution in [0.25, 0.3) is 0 Å². The number of esters is 1. The molecule has 0 radical (unpaired) electrons. The van der Waals surface area contributed by atoms with Crippen LogP contribution in [0.15, 0.2) is 53.8 Å². The van der Waals surface area contributed by atoms with Crippen LogP contribution in [-0.4, -0.2) is 193 Å². The van der Waals surface area contributed by atoms with Gasteiger partial charge in [-0.1, -0.05) is 76.3 Å². The fraction of sp³-hybridized carbons (Fsp3) is 0.750. The highest BCUT2D eigenvalue weighted by Gasteiger charge is 2.53. The number of methoxy groups -OCH3 is 3. The van der Waals surface area contributed by atoms with Gasteiger partial charge in [0.15, 0.2) is 12.1 Å². The first-order valence-corrected chi connectivity index (χ1v) is 29.3. The van der Waals surface area contributed by atoms with E-state index in [1.165, 1.54) is 12.0 Å². The third-order valence-corrected chi connectivity index (χ3v) is 17.6. The van der Waals surface area contributed by atoms with E-state index in [0.717, 1.165) is 5.57 Å². The number of amides is 1. The molecule has 3 saturated heterocycles. The number of hydrogen-bond donors (Lipinski definition) is 6. The molecule has 5 heterocycles. The first-order chi connectivity index (χ1) is 39.0. The van der Waals surface area contributed by atoms with Crippen molar-refractivity contribution in [3.8, 4) is 0 Å². The van der Waals surface area contributed by atoms with Gasteiger partial charge in [0.25, 0.3) is 11.7 Å². The highest BCUT2D eigenvalue weighted by atomic mass is 16.7. The summed E-state index contributed by atoms with van der Waals surface area (Å²) in [7, 11) is 4.53. The quantitative estimate of drug-likeness (QED) is 0.104. The summed E-state index contributed by atoms with van der Waals surface area (Å²) in [6.45, 7) is 11.8. The van der Waals surface area contributed by atoms with Crippen LogP contribution in [0.3, 0.4) is 0 Å². The van der Waals surface area contributed by atoms with Crippen molar-refractivity contribution in [3.63, 3.8) is 0 Å². The van der Waals surface area contributed by atoms with E-state index >= 15 is 0 Å². The number of aromatic nitrogens is 3. The van der Waals surface area contributed by atoms with Crippen LogP contribution in [0.5, 0.6) is 0 Å². The van der Waals surface area contributed by atoms with Crippen LogP contribution in [-0.2, 0) is 63.7 Å². The fourth-order valence-corrected chi connectivity index (χ4v) is 12.3. The molecule has 6 N–H and O–H groups in total. The number of fused-ring (bicyclic) bond motifs is 3. The predicted molar refractivity (Wildman–Crippen MR) is 297 cm³/mol. The second kappa shape index (κ2) is 30.6. The Bertz CT molecular complexity index is 2430. The summed E-state index contributed by atoms with van der Waals surface area (Å²) in [4.78, 5) is 73.0. The first-order valence-electron chi connectivity index (χ1n) is 29.3. The van der Waals surface area contributed by atoms with Gasteiger partial charge in [0.1, 0.15) is 60.2 Å². The summed E-state index contributed by atoms with van der Waals surface area (Å²) < 4.78 is 42.9. The van der Waals surface area contributed by atoms with Crippen LogP contribution in [0.2, 0.25) is 0 Å². The van der Waals surface area contributed by atoms with Crippen molar-refractivity contribution in [2.24, 2.45) is 35.5 Å². The molecule has 1 amide bonds. The van der Waals surface area contributed by atoms with E-state index < -0.39 is 121 Å². The molecule has 1 aromatic heterocycles. The summed E-state index contributed by atoms with van der Waals surface area (Å²) in [5.74, 6) is -8.56. The number of rotatable bonds is 11. The van der Waals surface area contributed by atoms with E-state index in [1.54, 1.807) is 58.9 Å². The summed E-state index contributed by atoms with van der Waals surface area (Å²) in [5.41, 5.74) is 1.59. The van der Waals surface area contributed by atoms with E-state index in [2.05, 4.69) is 10.3 Å². The van der Waals surface area contributed by atoms with Gasteiger partial charge in [0.05, 0.1) is 43.8 Å². The number of carbonyl (C=O) groups excluding carboxylic acids is 5. The van der Waals surface area contributed by atoms with E-state index in [9.17, 15) is 54.6 Å². The van der Waals surface area contributed by atoms with Gasteiger partial charge in [-0.15, -0.1) is 5.10 Å². The molecule has 6 rings (SSSR count). The number of allylic oxidation sites excluding steroid dienone is 6. The van der Waals surface area contributed by atoms with Gasteiger partial charge in [-0.05, 0) is 107 Å². The highest BCUT2D eigenvalue weighted by molar-refractivity contribution is 6.39. The van der Waals surface area contributed by atoms with Crippen molar-refractivity contribution in [1.29, 1.82) is 0 Å². The summed E-state index contributed by atoms with van der Waals surface area (Å²) >= 11 is 0. The second-order valence-electron chi connectivity index (χ2n) is 23.8. The van der Waals surface area contributed by atoms with Crippen molar-refractivity contribution in [1.82, 2.24) is 19.9 Å². The maximum atomic E-state index is 14.7. The average Bonchev–Trinajstić information content (AvgIpc) is 4.09. The van der Waals surface area contributed by atoms with E-state index in [-0.39, 0.29) is 68.0 Å². The van der Waals surface area contributed by atoms with Crippen LogP contribution < -0.4 is 0 Å². The Kier molecular flexibility index (Phi) is 24.9. The predicted octanol–water partition coefficient (Wildman–Crippen LogP) is 3.97. The highest BCUT2D eigenvalue weighted by Crippen LogP contribution is 2.40. The van der Waals surface area contributed by atoms with Gasteiger partial charge in [0.2, 0.25) is 5.79 Å². The van der Waals surface area contributed by atoms with Gasteiger partial charge >= 0.3 is 5.97 Å². The second-order valence-corrected chi connectivity index (χ2v) is 23.8. The molecular formula is C60H92N4O18. The Morgan fingerprint density at radius 2 is 1.59 bits per heavy atom. The molecule has 2 unspecified atom stereocenters. The maximum Gasteiger partial charge on any atom is 0.329 e. The molecule has 4 fully saturated rings. The van der Waals surface area contributed by atoms with Crippen molar-refractivity contribution in [2.75, 3.05) is 34.5 Å². The van der Waals surface area contributed by atoms with E-state index in [0.29, 0.717) is 69.1 Å². The standard InChI is InChI=1S/C60H92N4O18/c1-33-16-12-11-13-17-34(2)46(76-8)28-42-21-19-39(7)60(75,82-42)56(72)57(73)63-23-15-14-18-44(63)58(74)80-47(29-45(66)35(3)25-38(6)51(68)55(78-10)50(67)37(5)24-33)36(4)26-40-20-22-43(48(27-40)77-9)64-30-41(61-62-64)32-79-59-54(71)53(70)52(69)49(31-65)81-59/h11-13,16-17,25,30,33,35-37,39-40,42-44,46-49,51-55,59,65,68-71,75H,14-15,18-24,26-29,31-32H2,1-10H3/b13-11+,16-12+,34-17+,38-25+/t33-,35-,36-,37-,39-,40+,42+,43+,44+,46?,47+,48-,49-,51-,52-,53+,54+,55?,59+,60-/m1/s1. The molecule has 82 heavy (non-hydrogen) atoms. The molecule has 22 heteroatoms. The lowest BCUT2D eigenvalue weighted by atomic mass is 9.77. The smallest absolute Gasteiger partial charge is 0.329 e. The Morgan fingerprint density at radius 3 is 2.28 bits per heavy atom. The molecule has 1 saturated carbocycles. The topological polar surface area (TPSA) is 305 Å². The van der Waals surface area contributed by atoms with Gasteiger partial charge < -0.3 is 68.7 Å². The van der Waals surface area contributed by atoms with Crippen molar-refractivity contribution >= 4 is 29.2 Å². The number of carbonyl (C=O) groups is 5. The third kappa shape index (κ3) is 16.5. The number of nitrogens with zero attached hydrogens (tertiary/aromatic N) is 4. The lowest BCUT2D eigenvalue weighted by molar-refractivity contribution is -0.304. The monoisotopic (exact) mass is 1160 g/mol. The number of ether oxygens (including phenoxy) is 7. The number of aliphatic hydroxyl groups is 6. The summed E-state index contributed by atoms with van der Waals surface area (Å²) in [5, 5.41) is 72.6. The zero-order valence-corrected chi connectivity index (χ0v) is 49.5. The van der Waals surface area contributed by atoms with Crippen molar-refractivity contribution in [2.45, 2.75) is 217 Å². The molecule has 0 spiro atoms. The minimum atomic E-state index is -2.48. The molecule has 4 aliphatic heterocycles. The lowest BCUT2D eigenvalue weighted by Gasteiger charge is -2.42. The molecule has 5 aliphatic rings. The first kappa shape index (κ1) is 66.7. The Morgan fingerprint density at radius 1 is 0.841 bits per heavy atom. The summed E-state index contributed by atoms with van der Waals surface area (Å²) in [6, 6.07) is -1.46. The number of cyclic esters (lactones) is 1. The number of ketones is 3. The number of aliphatic hydroxyl groups excluding tert-OH is 5. The zero-order valence-electron chi connectivity index (χ0n) is 49.5. The van der Waals surface area contributed by atoms with E-state index in [1.807, 2.05) is 51.2 Å². The molecular weight excluding hydrogens is 1060 g/mol. The van der Waals surface area contributed by atoms with Gasteiger partial charge in [-0.25, -0.2) is 9.48 Å². The minimum absolute atomic E-state index is 0.0133. The average molecular weight is 1160 g/mol. The minimum Gasteiger partial charge on any atom is -0.460 e. The lowest BCUT2D eigenvalue weighted by Crippen LogP contribution is -2.61. The van der Waals surface area contributed by atoms with Crippen LogP contribution >= 0.6 is 0 Å². The normalized spacial score (nSPS) is 40.2. The third-order valence-electron chi connectivity index (χ3n) is 17.6. The van der Waals surface area contributed by atoms with Crippen LogP contribution in [0.1, 0.15) is 137 Å². The van der Waals surface area contributed by atoms with Gasteiger partial charge in [-0.2, -0.15) is 0 Å². The number of Topliss-reactive ketones (excluding diaryl/α,β-unsaturated/α-hetero) is 3. The molecule has 1 aromatic rings. The Balaban J connectivity index is 1.24. The molecule has 460 valence electrons. The Hall–Kier alpha value is -4.43. The number of piperidine rings is 1. The summed E-state index contributed by atoms with van der Waals surface area (Å²) in [6.07, 6.45) is 5.48. The number of hydrogen-bond acceptors (Lipinski definition) is 20. The zero-order chi connectivity index (χ0) is 60.2. The van der Waals surface area contributed by atoms with Gasteiger partial charge in [0, 0.05) is 58.5 Å². The molecule has 2 bridgehead atoms. The van der Waals surface area contributed by atoms with Gasteiger partial charge in [-0.3, -0.25) is 19.2 Å². The van der Waals surface area contributed by atoms with Crippen molar-refractivity contribution in [3.05, 3.63) is 59.5 Å². The molecule has 1 aliphatic carbocycles. The van der Waals surface area contributed by atoms with Crippen LogP contribution in [0, 0.1) is 35.5 Å².